The fourth-order valence-electron chi connectivity index (χ4n) is 3.13. The minimum absolute atomic E-state index is 0.0448. The van der Waals surface area contributed by atoms with Gasteiger partial charge in [-0.2, -0.15) is 0 Å². The van der Waals surface area contributed by atoms with Crippen molar-refractivity contribution in [3.63, 3.8) is 0 Å². The Hall–Kier alpha value is -1.36. The number of hydrogen-bond acceptors (Lipinski definition) is 4. The molecule has 2 aromatic rings. The summed E-state index contributed by atoms with van der Waals surface area (Å²) < 4.78 is 5.93. The van der Waals surface area contributed by atoms with E-state index in [9.17, 15) is 0 Å². The fraction of sp³-hybridized carbons (Fsp3) is 0.529. The van der Waals surface area contributed by atoms with Crippen LogP contribution in [0.2, 0.25) is 0 Å². The summed E-state index contributed by atoms with van der Waals surface area (Å²) in [6.45, 7) is 5.40. The summed E-state index contributed by atoms with van der Waals surface area (Å²) >= 11 is 0. The maximum atomic E-state index is 6.40. The summed E-state index contributed by atoms with van der Waals surface area (Å²) in [6, 6.07) is 8.80. The van der Waals surface area contributed by atoms with Gasteiger partial charge in [-0.1, -0.05) is 11.6 Å². The third kappa shape index (κ3) is 3.12. The Morgan fingerprint density at radius 2 is 2.10 bits per heavy atom. The summed E-state index contributed by atoms with van der Waals surface area (Å²) in [7, 11) is 4.36. The van der Waals surface area contributed by atoms with Gasteiger partial charge in [0.25, 0.3) is 0 Å². The number of benzene rings is 1. The van der Waals surface area contributed by atoms with Crippen LogP contribution in [0, 0.1) is 6.92 Å². The van der Waals surface area contributed by atoms with E-state index in [1.807, 2.05) is 6.07 Å². The van der Waals surface area contributed by atoms with Crippen molar-refractivity contribution in [1.82, 2.24) is 9.80 Å². The zero-order chi connectivity index (χ0) is 15.0. The van der Waals surface area contributed by atoms with Gasteiger partial charge in [-0.05, 0) is 45.6 Å². The lowest BCUT2D eigenvalue weighted by Gasteiger charge is -2.38. The zero-order valence-corrected chi connectivity index (χ0v) is 13.2. The van der Waals surface area contributed by atoms with Gasteiger partial charge in [0, 0.05) is 31.1 Å². The molecule has 1 saturated heterocycles. The molecule has 2 atom stereocenters. The van der Waals surface area contributed by atoms with Crippen molar-refractivity contribution in [3.05, 3.63) is 35.6 Å². The number of aryl methyl sites for hydroxylation is 1. The molecule has 4 nitrogen and oxygen atoms in total. The van der Waals surface area contributed by atoms with Crippen LogP contribution in [0.15, 0.2) is 28.7 Å². The summed E-state index contributed by atoms with van der Waals surface area (Å²) in [6.07, 6.45) is 0.930. The molecule has 0 amide bonds. The number of piperazine rings is 1. The molecule has 3 rings (SSSR count). The Labute approximate surface area is 126 Å². The Morgan fingerprint density at radius 3 is 2.90 bits per heavy atom. The normalized spacial score (nSPS) is 22.8. The van der Waals surface area contributed by atoms with Gasteiger partial charge in [-0.25, -0.2) is 0 Å². The smallest absolute Gasteiger partial charge is 0.134 e. The van der Waals surface area contributed by atoms with E-state index in [0.717, 1.165) is 42.8 Å². The van der Waals surface area contributed by atoms with Gasteiger partial charge in [0.05, 0.1) is 6.04 Å². The Bertz CT molecular complexity index is 622. The average molecular weight is 287 g/mol. The molecule has 1 aromatic carbocycles. The first-order chi connectivity index (χ1) is 10.0. The van der Waals surface area contributed by atoms with Crippen molar-refractivity contribution in [2.75, 3.05) is 33.7 Å². The van der Waals surface area contributed by atoms with Gasteiger partial charge >= 0.3 is 0 Å². The van der Waals surface area contributed by atoms with Crippen LogP contribution < -0.4 is 5.73 Å². The predicted octanol–water partition coefficient (Wildman–Crippen LogP) is 2.38. The van der Waals surface area contributed by atoms with Gasteiger partial charge in [0.15, 0.2) is 0 Å². The number of rotatable bonds is 3. The lowest BCUT2D eigenvalue weighted by Crippen LogP contribution is -2.50. The topological polar surface area (TPSA) is 45.6 Å². The molecule has 114 valence electrons. The number of furan rings is 1. The van der Waals surface area contributed by atoms with E-state index in [0.29, 0.717) is 6.04 Å². The molecule has 2 heterocycles. The monoisotopic (exact) mass is 287 g/mol. The van der Waals surface area contributed by atoms with Gasteiger partial charge in [0.1, 0.15) is 11.3 Å². The van der Waals surface area contributed by atoms with Gasteiger partial charge in [-0.3, -0.25) is 0 Å². The molecule has 4 heteroatoms. The van der Waals surface area contributed by atoms with Crippen LogP contribution in [-0.4, -0.2) is 49.6 Å². The molecule has 0 bridgehead atoms. The van der Waals surface area contributed by atoms with E-state index >= 15 is 0 Å². The minimum atomic E-state index is -0.0448. The number of nitrogens with two attached hydrogens (primary N) is 1. The van der Waals surface area contributed by atoms with Crippen LogP contribution >= 0.6 is 0 Å². The molecule has 2 unspecified atom stereocenters. The van der Waals surface area contributed by atoms with Crippen LogP contribution in [0.4, 0.5) is 0 Å². The third-order valence-corrected chi connectivity index (χ3v) is 4.56. The van der Waals surface area contributed by atoms with Crippen LogP contribution in [0.25, 0.3) is 11.0 Å². The molecule has 0 radical (unpaired) electrons. The van der Waals surface area contributed by atoms with Gasteiger partial charge in [0.2, 0.25) is 0 Å². The highest BCUT2D eigenvalue weighted by molar-refractivity contribution is 5.78. The summed E-state index contributed by atoms with van der Waals surface area (Å²) in [5, 5.41) is 1.15. The standard InChI is InChI=1S/C17H25N3O/c1-12-4-5-16-13(8-12)9-17(21-16)15(18)10-14-11-19(2)6-7-20(14)3/h4-5,8-9,14-15H,6-7,10-11,18H2,1-3H3. The lowest BCUT2D eigenvalue weighted by molar-refractivity contribution is 0.102. The van der Waals surface area contributed by atoms with Crippen molar-refractivity contribution in [1.29, 1.82) is 0 Å². The number of likely N-dealkylation sites (N-methyl/N-ethyl adjacent to an activating group) is 2. The first-order valence-electron chi connectivity index (χ1n) is 7.67. The van der Waals surface area contributed by atoms with Crippen LogP contribution in [0.1, 0.15) is 23.8 Å². The summed E-state index contributed by atoms with van der Waals surface area (Å²) in [5.41, 5.74) is 8.57. The van der Waals surface area contributed by atoms with E-state index in [2.05, 4.69) is 49.0 Å². The highest BCUT2D eigenvalue weighted by Crippen LogP contribution is 2.27. The summed E-state index contributed by atoms with van der Waals surface area (Å²) in [4.78, 5) is 4.78. The lowest BCUT2D eigenvalue weighted by atomic mass is 10.0. The minimum Gasteiger partial charge on any atom is -0.459 e. The van der Waals surface area contributed by atoms with Crippen LogP contribution in [0.3, 0.4) is 0 Å². The number of nitrogens with zero attached hydrogens (tertiary/aromatic N) is 2. The van der Waals surface area contributed by atoms with Gasteiger partial charge < -0.3 is 20.0 Å². The van der Waals surface area contributed by atoms with E-state index in [1.165, 1.54) is 5.56 Å². The third-order valence-electron chi connectivity index (χ3n) is 4.56. The highest BCUT2D eigenvalue weighted by atomic mass is 16.3. The molecule has 0 aliphatic carbocycles. The molecule has 1 aliphatic rings. The van der Waals surface area contributed by atoms with Crippen molar-refractivity contribution in [2.24, 2.45) is 5.73 Å². The first kappa shape index (κ1) is 14.6. The van der Waals surface area contributed by atoms with Crippen LogP contribution in [0.5, 0.6) is 0 Å². The molecular formula is C17H25N3O. The second-order valence-electron chi connectivity index (χ2n) is 6.43. The number of fused-ring (bicyclic) bond motifs is 1. The van der Waals surface area contributed by atoms with Crippen molar-refractivity contribution in [2.45, 2.75) is 25.4 Å². The molecule has 0 spiro atoms. The SMILES string of the molecule is Cc1ccc2oc(C(N)CC3CN(C)CCN3C)cc2c1. The summed E-state index contributed by atoms with van der Waals surface area (Å²) in [5.74, 6) is 0.900. The Morgan fingerprint density at radius 1 is 1.29 bits per heavy atom. The van der Waals surface area contributed by atoms with E-state index in [4.69, 9.17) is 10.2 Å². The van der Waals surface area contributed by atoms with Crippen molar-refractivity contribution < 1.29 is 4.42 Å². The average Bonchev–Trinajstić information content (AvgIpc) is 2.86. The Kier molecular flexibility index (Phi) is 4.02. The fourth-order valence-corrected chi connectivity index (χ4v) is 3.13. The van der Waals surface area contributed by atoms with Crippen molar-refractivity contribution >= 4 is 11.0 Å². The molecule has 1 aliphatic heterocycles. The quantitative estimate of drug-likeness (QED) is 0.941. The molecule has 21 heavy (non-hydrogen) atoms. The molecule has 1 fully saturated rings. The maximum absolute atomic E-state index is 6.40. The van der Waals surface area contributed by atoms with Crippen LogP contribution in [-0.2, 0) is 0 Å². The maximum Gasteiger partial charge on any atom is 0.134 e. The van der Waals surface area contributed by atoms with Crippen molar-refractivity contribution in [3.8, 4) is 0 Å². The highest BCUT2D eigenvalue weighted by Gasteiger charge is 2.25. The second kappa shape index (κ2) is 5.79. The van der Waals surface area contributed by atoms with E-state index < -0.39 is 0 Å². The van der Waals surface area contributed by atoms with E-state index in [1.54, 1.807) is 0 Å². The van der Waals surface area contributed by atoms with Gasteiger partial charge in [-0.15, -0.1) is 0 Å². The molecule has 0 saturated carbocycles. The predicted molar refractivity (Wildman–Crippen MR) is 86.4 cm³/mol. The Balaban J connectivity index is 1.75. The molecule has 1 aromatic heterocycles. The largest absolute Gasteiger partial charge is 0.459 e. The first-order valence-corrected chi connectivity index (χ1v) is 7.67. The molecule has 2 N–H and O–H groups in total. The molecular weight excluding hydrogens is 262 g/mol. The van der Waals surface area contributed by atoms with E-state index in [-0.39, 0.29) is 6.04 Å². The second-order valence-corrected chi connectivity index (χ2v) is 6.43. The zero-order valence-electron chi connectivity index (χ0n) is 13.2. The number of hydrogen-bond donors (Lipinski definition) is 1.